The largest absolute Gasteiger partial charge is 0.494 e. The maximum Gasteiger partial charge on any atom is 0.306 e. The van der Waals surface area contributed by atoms with Gasteiger partial charge in [0.25, 0.3) is 5.91 Å². The lowest BCUT2D eigenvalue weighted by Crippen LogP contribution is -2.45. The van der Waals surface area contributed by atoms with E-state index in [1.807, 2.05) is 6.07 Å². The van der Waals surface area contributed by atoms with Crippen LogP contribution in [0.3, 0.4) is 0 Å². The lowest BCUT2D eigenvalue weighted by atomic mass is 10.1. The van der Waals surface area contributed by atoms with Crippen LogP contribution in [0.25, 0.3) is 5.76 Å². The molecule has 1 aromatic rings. The van der Waals surface area contributed by atoms with Crippen LogP contribution in [0, 0.1) is 0 Å². The van der Waals surface area contributed by atoms with Crippen LogP contribution in [-0.2, 0) is 30.3 Å². The van der Waals surface area contributed by atoms with Gasteiger partial charge in [-0.05, 0) is 44.9 Å². The predicted molar refractivity (Wildman–Crippen MR) is 104 cm³/mol. The Morgan fingerprint density at radius 1 is 1.28 bits per heavy atom. The van der Waals surface area contributed by atoms with Crippen molar-refractivity contribution in [2.45, 2.75) is 51.8 Å². The molecule has 3 rings (SSSR count). The maximum atomic E-state index is 12.8. The summed E-state index contributed by atoms with van der Waals surface area (Å²) in [6.45, 7) is 6.50. The van der Waals surface area contributed by atoms with Crippen molar-refractivity contribution in [3.05, 3.63) is 41.2 Å². The predicted octanol–water partition coefficient (Wildman–Crippen LogP) is 1.96. The summed E-state index contributed by atoms with van der Waals surface area (Å²) in [5.74, 6) is -0.770. The zero-order valence-corrected chi connectivity index (χ0v) is 16.9. The SMILES string of the molecule is CC(C)(C)OC(=O)CCC(C(N)=O)N1Cc2cc(C3=COCCO3)ccc2C1=O. The van der Waals surface area contributed by atoms with E-state index in [9.17, 15) is 14.4 Å². The Kier molecular flexibility index (Phi) is 5.81. The molecular formula is C21H26N2O6. The van der Waals surface area contributed by atoms with Gasteiger partial charge in [-0.25, -0.2) is 0 Å². The van der Waals surface area contributed by atoms with Crippen molar-refractivity contribution in [2.75, 3.05) is 13.2 Å². The van der Waals surface area contributed by atoms with Gasteiger partial charge in [-0.2, -0.15) is 0 Å². The van der Waals surface area contributed by atoms with Crippen molar-refractivity contribution in [3.63, 3.8) is 0 Å². The van der Waals surface area contributed by atoms with E-state index in [0.29, 0.717) is 24.5 Å². The number of nitrogens with zero attached hydrogens (tertiary/aromatic N) is 1. The number of carbonyl (C=O) groups is 3. The summed E-state index contributed by atoms with van der Waals surface area (Å²) in [6, 6.07) is 4.44. The minimum absolute atomic E-state index is 0.00564. The van der Waals surface area contributed by atoms with Crippen LogP contribution >= 0.6 is 0 Å². The second kappa shape index (κ2) is 8.14. The molecule has 0 aromatic heterocycles. The van der Waals surface area contributed by atoms with Gasteiger partial charge >= 0.3 is 5.97 Å². The number of ether oxygens (including phenoxy) is 3. The third kappa shape index (κ3) is 4.88. The number of benzene rings is 1. The molecule has 0 aliphatic carbocycles. The first kappa shape index (κ1) is 20.7. The van der Waals surface area contributed by atoms with E-state index < -0.39 is 23.5 Å². The third-order valence-corrected chi connectivity index (χ3v) is 4.62. The Morgan fingerprint density at radius 3 is 2.66 bits per heavy atom. The van der Waals surface area contributed by atoms with Crippen LogP contribution in [0.5, 0.6) is 0 Å². The van der Waals surface area contributed by atoms with E-state index in [1.54, 1.807) is 39.2 Å². The molecule has 8 nitrogen and oxygen atoms in total. The van der Waals surface area contributed by atoms with E-state index >= 15 is 0 Å². The van der Waals surface area contributed by atoms with Gasteiger partial charge in [-0.15, -0.1) is 0 Å². The van der Waals surface area contributed by atoms with Crippen LogP contribution in [-0.4, -0.2) is 47.5 Å². The van der Waals surface area contributed by atoms with Gasteiger partial charge in [-0.3, -0.25) is 14.4 Å². The fourth-order valence-corrected chi connectivity index (χ4v) is 3.37. The average Bonchev–Trinajstić information content (AvgIpc) is 2.97. The molecule has 2 amide bonds. The maximum absolute atomic E-state index is 12.8. The molecule has 29 heavy (non-hydrogen) atoms. The Bertz CT molecular complexity index is 855. The molecule has 1 atom stereocenters. The molecule has 2 heterocycles. The van der Waals surface area contributed by atoms with Crippen molar-refractivity contribution < 1.29 is 28.6 Å². The number of amides is 2. The van der Waals surface area contributed by atoms with Crippen molar-refractivity contribution in [3.8, 4) is 0 Å². The zero-order chi connectivity index (χ0) is 21.2. The number of fused-ring (bicyclic) bond motifs is 1. The molecule has 0 saturated carbocycles. The van der Waals surface area contributed by atoms with E-state index in [4.69, 9.17) is 19.9 Å². The first-order valence-corrected chi connectivity index (χ1v) is 9.56. The fraction of sp³-hybridized carbons (Fsp3) is 0.476. The minimum atomic E-state index is -0.889. The summed E-state index contributed by atoms with van der Waals surface area (Å²) < 4.78 is 16.1. The summed E-state index contributed by atoms with van der Waals surface area (Å²) in [4.78, 5) is 38.3. The van der Waals surface area contributed by atoms with Crippen LogP contribution in [0.1, 0.15) is 55.1 Å². The molecule has 0 saturated heterocycles. The van der Waals surface area contributed by atoms with Crippen LogP contribution in [0.15, 0.2) is 24.5 Å². The number of primary amides is 1. The second-order valence-electron chi connectivity index (χ2n) is 8.05. The molecule has 1 aromatic carbocycles. The van der Waals surface area contributed by atoms with Gasteiger partial charge in [0, 0.05) is 24.1 Å². The quantitative estimate of drug-likeness (QED) is 0.729. The Morgan fingerprint density at radius 2 is 2.03 bits per heavy atom. The summed E-state index contributed by atoms with van der Waals surface area (Å²) in [6.07, 6.45) is 1.65. The summed E-state index contributed by atoms with van der Waals surface area (Å²) >= 11 is 0. The van der Waals surface area contributed by atoms with Gasteiger partial charge in [0.2, 0.25) is 5.91 Å². The molecule has 1 unspecified atom stereocenters. The fourth-order valence-electron chi connectivity index (χ4n) is 3.37. The second-order valence-corrected chi connectivity index (χ2v) is 8.05. The molecule has 2 aliphatic heterocycles. The molecule has 0 bridgehead atoms. The first-order chi connectivity index (χ1) is 13.7. The third-order valence-electron chi connectivity index (χ3n) is 4.62. The number of hydrogen-bond acceptors (Lipinski definition) is 6. The molecule has 0 spiro atoms. The molecule has 156 valence electrons. The van der Waals surface area contributed by atoms with Gasteiger partial charge in [0.15, 0.2) is 5.76 Å². The number of carbonyl (C=O) groups excluding carboxylic acids is 3. The molecular weight excluding hydrogens is 376 g/mol. The Labute approximate surface area is 169 Å². The summed E-state index contributed by atoms with van der Waals surface area (Å²) in [7, 11) is 0. The Balaban J connectivity index is 1.73. The van der Waals surface area contributed by atoms with Crippen molar-refractivity contribution in [1.82, 2.24) is 4.90 Å². The molecule has 0 fully saturated rings. The van der Waals surface area contributed by atoms with Crippen LogP contribution < -0.4 is 5.73 Å². The lowest BCUT2D eigenvalue weighted by molar-refractivity contribution is -0.155. The van der Waals surface area contributed by atoms with Gasteiger partial charge in [0.1, 0.15) is 31.1 Å². The van der Waals surface area contributed by atoms with Crippen molar-refractivity contribution >= 4 is 23.5 Å². The normalized spacial score (nSPS) is 17.0. The van der Waals surface area contributed by atoms with E-state index in [2.05, 4.69) is 0 Å². The molecule has 8 heteroatoms. The topological polar surface area (TPSA) is 108 Å². The first-order valence-electron chi connectivity index (χ1n) is 9.56. The van der Waals surface area contributed by atoms with Crippen molar-refractivity contribution in [2.24, 2.45) is 5.73 Å². The van der Waals surface area contributed by atoms with Gasteiger partial charge < -0.3 is 24.8 Å². The van der Waals surface area contributed by atoms with E-state index in [0.717, 1.165) is 11.1 Å². The van der Waals surface area contributed by atoms with E-state index in [1.165, 1.54) is 4.90 Å². The Hall–Kier alpha value is -3.03. The van der Waals surface area contributed by atoms with E-state index in [-0.39, 0.29) is 25.3 Å². The molecule has 0 radical (unpaired) electrons. The van der Waals surface area contributed by atoms with Gasteiger partial charge in [0.05, 0.1) is 0 Å². The summed E-state index contributed by atoms with van der Waals surface area (Å²) in [5.41, 5.74) is 7.00. The highest BCUT2D eigenvalue weighted by Crippen LogP contribution is 2.30. The van der Waals surface area contributed by atoms with Crippen molar-refractivity contribution in [1.29, 1.82) is 0 Å². The lowest BCUT2D eigenvalue weighted by Gasteiger charge is -2.25. The van der Waals surface area contributed by atoms with Crippen LogP contribution in [0.4, 0.5) is 0 Å². The van der Waals surface area contributed by atoms with Crippen LogP contribution in [0.2, 0.25) is 0 Å². The zero-order valence-electron chi connectivity index (χ0n) is 16.9. The highest BCUT2D eigenvalue weighted by Gasteiger charge is 2.36. The standard InChI is InChI=1S/C21H26N2O6/c1-21(2,3)29-18(24)7-6-16(19(22)25)23-11-14-10-13(4-5-15(14)20(23)26)17-12-27-8-9-28-17/h4-5,10,12,16H,6-9,11H2,1-3H3,(H2,22,25). The molecule has 2 aliphatic rings. The highest BCUT2D eigenvalue weighted by atomic mass is 16.6. The minimum Gasteiger partial charge on any atom is -0.494 e. The average molecular weight is 402 g/mol. The number of esters is 1. The summed E-state index contributed by atoms with van der Waals surface area (Å²) in [5, 5.41) is 0. The van der Waals surface area contributed by atoms with Gasteiger partial charge in [-0.1, -0.05) is 6.07 Å². The number of hydrogen-bond donors (Lipinski definition) is 1. The molecule has 2 N–H and O–H groups in total. The monoisotopic (exact) mass is 402 g/mol. The smallest absolute Gasteiger partial charge is 0.306 e. The number of nitrogens with two attached hydrogens (primary N) is 1. The highest BCUT2D eigenvalue weighted by molar-refractivity contribution is 6.01. The number of rotatable bonds is 6.